The number of aliphatic hydroxyl groups is 7. The van der Waals surface area contributed by atoms with Crippen LogP contribution in [-0.2, 0) is 23.8 Å². The first kappa shape index (κ1) is 34.4. The van der Waals surface area contributed by atoms with Crippen LogP contribution in [0.25, 0.3) is 0 Å². The third-order valence-corrected chi connectivity index (χ3v) is 7.49. The van der Waals surface area contributed by atoms with Crippen LogP contribution in [0.3, 0.4) is 0 Å². The van der Waals surface area contributed by atoms with Crippen LogP contribution in [0.4, 0.5) is 0 Å². The van der Waals surface area contributed by atoms with Crippen molar-refractivity contribution in [3.05, 3.63) is 11.5 Å². The maximum atomic E-state index is 12.4. The number of hydrogen-bond donors (Lipinski definition) is 7. The first-order valence-electron chi connectivity index (χ1n) is 14.6. The van der Waals surface area contributed by atoms with Gasteiger partial charge in [0.05, 0.1) is 6.61 Å². The van der Waals surface area contributed by atoms with Crippen molar-refractivity contribution >= 4 is 11.8 Å². The van der Waals surface area contributed by atoms with Crippen LogP contribution >= 0.6 is 0 Å². The summed E-state index contributed by atoms with van der Waals surface area (Å²) in [4.78, 5) is 24.6. The maximum Gasteiger partial charge on any atom is 0.378 e. The Hall–Kier alpha value is -1.80. The third-order valence-electron chi connectivity index (χ3n) is 7.49. The van der Waals surface area contributed by atoms with E-state index in [4.69, 9.17) is 14.2 Å². The van der Waals surface area contributed by atoms with Crippen LogP contribution in [0, 0.1) is 0 Å². The second kappa shape index (κ2) is 17.9. The van der Waals surface area contributed by atoms with Gasteiger partial charge in [-0.2, -0.15) is 0 Å². The normalized spacial score (nSPS) is 28.4. The predicted octanol–water partition coefficient (Wildman–Crippen LogP) is 1.27. The molecule has 2 heterocycles. The van der Waals surface area contributed by atoms with Gasteiger partial charge in [0, 0.05) is 6.42 Å². The zero-order valence-electron chi connectivity index (χ0n) is 23.4. The van der Waals surface area contributed by atoms with Gasteiger partial charge in [0.25, 0.3) is 0 Å². The Morgan fingerprint density at radius 1 is 0.850 bits per heavy atom. The molecule has 0 saturated carbocycles. The summed E-state index contributed by atoms with van der Waals surface area (Å²) in [5.41, 5.74) is 0. The lowest BCUT2D eigenvalue weighted by Crippen LogP contribution is -2.59. The van der Waals surface area contributed by atoms with Crippen LogP contribution in [-0.4, -0.2) is 103 Å². The van der Waals surface area contributed by atoms with E-state index in [2.05, 4.69) is 6.92 Å². The zero-order valence-corrected chi connectivity index (χ0v) is 23.4. The molecular weight excluding hydrogens is 528 g/mol. The molecule has 2 aliphatic heterocycles. The third kappa shape index (κ3) is 9.93. The Morgan fingerprint density at radius 3 is 1.90 bits per heavy atom. The molecule has 1 unspecified atom stereocenters. The second-order valence-corrected chi connectivity index (χ2v) is 10.7. The lowest BCUT2D eigenvalue weighted by Gasteiger charge is -2.39. The summed E-state index contributed by atoms with van der Waals surface area (Å²) in [6.45, 7) is 1.47. The van der Waals surface area contributed by atoms with Gasteiger partial charge in [-0.3, -0.25) is 4.79 Å². The lowest BCUT2D eigenvalue weighted by molar-refractivity contribution is -0.291. The number of hydrogen-bond acceptors (Lipinski definition) is 12. The van der Waals surface area contributed by atoms with Crippen LogP contribution in [0.1, 0.15) is 96.8 Å². The number of Topliss-reactive ketones (excluding diaryl/α,β-unsaturated/α-hetero) is 1. The van der Waals surface area contributed by atoms with Crippen molar-refractivity contribution in [1.82, 2.24) is 0 Å². The SMILES string of the molecule is CCCCCCCCCCCCCCCC(=O)C(O)[C@H](O)[C@H]1OC(=O)C(O[C@H]2O[C@H](CO)[C@@H](O)[C@H](O)[C@H]2O)=C1O. The van der Waals surface area contributed by atoms with E-state index in [-0.39, 0.29) is 6.42 Å². The van der Waals surface area contributed by atoms with Crippen molar-refractivity contribution in [2.45, 2.75) is 146 Å². The number of esters is 1. The zero-order chi connectivity index (χ0) is 29.7. The summed E-state index contributed by atoms with van der Waals surface area (Å²) in [5, 5.41) is 70.2. The molecule has 232 valence electrons. The molecule has 0 amide bonds. The van der Waals surface area contributed by atoms with E-state index in [9.17, 15) is 45.3 Å². The Bertz CT molecular complexity index is 800. The minimum Gasteiger partial charge on any atom is -0.505 e. The van der Waals surface area contributed by atoms with E-state index in [1.54, 1.807) is 0 Å². The summed E-state index contributed by atoms with van der Waals surface area (Å²) in [6.07, 6.45) is 0.641. The Morgan fingerprint density at radius 2 is 1.38 bits per heavy atom. The van der Waals surface area contributed by atoms with Gasteiger partial charge in [-0.25, -0.2) is 4.79 Å². The minimum absolute atomic E-state index is 0.00928. The topological polar surface area (TPSA) is 203 Å². The van der Waals surface area contributed by atoms with E-state index in [0.717, 1.165) is 25.7 Å². The van der Waals surface area contributed by atoms with Gasteiger partial charge < -0.3 is 50.0 Å². The summed E-state index contributed by atoms with van der Waals surface area (Å²) < 4.78 is 15.1. The maximum absolute atomic E-state index is 12.4. The number of ketones is 1. The molecule has 0 spiro atoms. The van der Waals surface area contributed by atoms with E-state index < -0.39 is 78.9 Å². The van der Waals surface area contributed by atoms with Gasteiger partial charge in [-0.1, -0.05) is 84.0 Å². The van der Waals surface area contributed by atoms with Gasteiger partial charge in [0.2, 0.25) is 12.0 Å². The highest BCUT2D eigenvalue weighted by atomic mass is 16.7. The highest BCUT2D eigenvalue weighted by molar-refractivity contribution is 5.90. The molecule has 12 nitrogen and oxygen atoms in total. The Balaban J connectivity index is 1.72. The van der Waals surface area contributed by atoms with Gasteiger partial charge >= 0.3 is 5.97 Å². The molecule has 0 bridgehead atoms. The van der Waals surface area contributed by atoms with Crippen molar-refractivity contribution in [3.8, 4) is 0 Å². The standard InChI is InChI=1S/C28H48O12/c1-2-3-4-5-6-7-8-9-10-11-12-13-14-15-17(30)19(31)22(34)25-24(36)26(27(37)39-25)40-28-23(35)21(33)20(32)18(16-29)38-28/h18-23,25,28-29,31-36H,2-16H2,1H3/t18-,19?,20-,21+,22+,23-,25-,28-/m1/s1. The molecule has 1 fully saturated rings. The fourth-order valence-corrected chi connectivity index (χ4v) is 4.90. The number of carbonyl (C=O) groups excluding carboxylic acids is 2. The van der Waals surface area contributed by atoms with Crippen LogP contribution in [0.15, 0.2) is 11.5 Å². The van der Waals surface area contributed by atoms with Crippen molar-refractivity contribution < 1.29 is 59.5 Å². The van der Waals surface area contributed by atoms with Crippen LogP contribution in [0.5, 0.6) is 0 Å². The molecule has 0 radical (unpaired) electrons. The fraction of sp³-hybridized carbons (Fsp3) is 0.857. The van der Waals surface area contributed by atoms with Crippen molar-refractivity contribution in [3.63, 3.8) is 0 Å². The summed E-state index contributed by atoms with van der Waals surface area (Å²) in [6, 6.07) is 0. The monoisotopic (exact) mass is 576 g/mol. The predicted molar refractivity (Wildman–Crippen MR) is 142 cm³/mol. The molecule has 0 aromatic carbocycles. The molecule has 12 heteroatoms. The number of rotatable bonds is 20. The highest BCUT2D eigenvalue weighted by Gasteiger charge is 2.49. The van der Waals surface area contributed by atoms with Gasteiger partial charge in [0.15, 0.2) is 17.6 Å². The number of aliphatic hydroxyl groups excluding tert-OH is 7. The van der Waals surface area contributed by atoms with Crippen molar-refractivity contribution in [1.29, 1.82) is 0 Å². The minimum atomic E-state index is -1.98. The summed E-state index contributed by atoms with van der Waals surface area (Å²) in [7, 11) is 0. The van der Waals surface area contributed by atoms with E-state index in [1.807, 2.05) is 0 Å². The number of cyclic esters (lactones) is 1. The molecule has 40 heavy (non-hydrogen) atoms. The summed E-state index contributed by atoms with van der Waals surface area (Å²) in [5.74, 6) is -3.75. The average molecular weight is 577 g/mol. The smallest absolute Gasteiger partial charge is 0.378 e. The molecule has 1 saturated heterocycles. The fourth-order valence-electron chi connectivity index (χ4n) is 4.90. The molecule has 8 atom stereocenters. The first-order chi connectivity index (χ1) is 19.1. The number of unbranched alkanes of at least 4 members (excludes halogenated alkanes) is 12. The first-order valence-corrected chi connectivity index (χ1v) is 14.6. The lowest BCUT2D eigenvalue weighted by atomic mass is 9.98. The van der Waals surface area contributed by atoms with Crippen LogP contribution < -0.4 is 0 Å². The average Bonchev–Trinajstić information content (AvgIpc) is 3.22. The van der Waals surface area contributed by atoms with Gasteiger partial charge in [0.1, 0.15) is 36.6 Å². The summed E-state index contributed by atoms with van der Waals surface area (Å²) >= 11 is 0. The van der Waals surface area contributed by atoms with Crippen molar-refractivity contribution in [2.75, 3.05) is 6.61 Å². The van der Waals surface area contributed by atoms with Crippen molar-refractivity contribution in [2.24, 2.45) is 0 Å². The molecular formula is C28H48O12. The Labute approximate surface area is 235 Å². The van der Waals surface area contributed by atoms with Gasteiger partial charge in [-0.15, -0.1) is 0 Å². The van der Waals surface area contributed by atoms with Crippen LogP contribution in [0.2, 0.25) is 0 Å². The quantitative estimate of drug-likeness (QED) is 0.0809. The number of ether oxygens (including phenoxy) is 3. The molecule has 7 N–H and O–H groups in total. The Kier molecular flexibility index (Phi) is 15.4. The highest BCUT2D eigenvalue weighted by Crippen LogP contribution is 2.30. The molecule has 0 aromatic heterocycles. The van der Waals surface area contributed by atoms with E-state index in [1.165, 1.54) is 51.4 Å². The molecule has 0 aliphatic carbocycles. The van der Waals surface area contributed by atoms with E-state index >= 15 is 0 Å². The molecule has 2 rings (SSSR count). The largest absolute Gasteiger partial charge is 0.505 e. The molecule has 0 aromatic rings. The second-order valence-electron chi connectivity index (χ2n) is 10.7. The molecule has 2 aliphatic rings. The number of carbonyl (C=O) groups is 2. The van der Waals surface area contributed by atoms with Gasteiger partial charge in [-0.05, 0) is 6.42 Å². The van der Waals surface area contributed by atoms with E-state index in [0.29, 0.717) is 6.42 Å².